The van der Waals surface area contributed by atoms with Gasteiger partial charge in [0.25, 0.3) is 0 Å². The molecule has 3 heterocycles. The van der Waals surface area contributed by atoms with Gasteiger partial charge in [-0.05, 0) is 29.6 Å². The highest BCUT2D eigenvalue weighted by Gasteiger charge is 2.10. The van der Waals surface area contributed by atoms with Crippen molar-refractivity contribution in [2.45, 2.75) is 29.9 Å². The van der Waals surface area contributed by atoms with Crippen LogP contribution in [-0.2, 0) is 6.42 Å². The molecule has 0 radical (unpaired) electrons. The summed E-state index contributed by atoms with van der Waals surface area (Å²) in [5.41, 5.74) is 0.974. The van der Waals surface area contributed by atoms with Gasteiger partial charge in [-0.2, -0.15) is 0 Å². The molecule has 3 aromatic heterocycles. The summed E-state index contributed by atoms with van der Waals surface area (Å²) >= 11 is 3.11. The molecule has 92 valence electrons. The number of aryl methyl sites for hydroxylation is 1. The number of aromatic nitrogens is 5. The molecule has 0 aliphatic heterocycles. The van der Waals surface area contributed by atoms with Gasteiger partial charge in [0, 0.05) is 6.42 Å². The van der Waals surface area contributed by atoms with E-state index in [-0.39, 0.29) is 0 Å². The van der Waals surface area contributed by atoms with Gasteiger partial charge in [0.15, 0.2) is 0 Å². The summed E-state index contributed by atoms with van der Waals surface area (Å²) in [6, 6.07) is 1.99. The molecular weight excluding hydrogens is 266 g/mol. The number of rotatable bonds is 4. The first-order valence-electron chi connectivity index (χ1n) is 5.64. The predicted octanol–water partition coefficient (Wildman–Crippen LogP) is 2.91. The lowest BCUT2D eigenvalue weighted by Gasteiger charge is -1.96. The second kappa shape index (κ2) is 5.03. The van der Waals surface area contributed by atoms with Crippen LogP contribution in [0.15, 0.2) is 28.0 Å². The monoisotopic (exact) mass is 277 g/mol. The lowest BCUT2D eigenvalue weighted by Crippen LogP contribution is -1.85. The van der Waals surface area contributed by atoms with Crippen LogP contribution >= 0.6 is 23.1 Å². The Hall–Kier alpha value is -1.47. The van der Waals surface area contributed by atoms with Crippen molar-refractivity contribution in [3.05, 3.63) is 23.6 Å². The summed E-state index contributed by atoms with van der Waals surface area (Å²) in [4.78, 5) is 12.9. The number of aromatic amines is 1. The van der Waals surface area contributed by atoms with E-state index in [1.165, 1.54) is 11.8 Å². The third-order valence-corrected chi connectivity index (χ3v) is 4.30. The standard InChI is InChI=1S/C11H11N5S2/c1-2-3-8-14-11(16-15-8)18-10-9-7(4-5-17-9)12-6-13-10/h4-6H,2-3H2,1H3,(H,14,15,16). The molecule has 0 bridgehead atoms. The molecule has 0 amide bonds. The molecule has 0 aliphatic rings. The van der Waals surface area contributed by atoms with Crippen molar-refractivity contribution in [1.29, 1.82) is 0 Å². The Bertz CT molecular complexity index is 660. The van der Waals surface area contributed by atoms with Gasteiger partial charge in [0.05, 0.1) is 10.2 Å². The van der Waals surface area contributed by atoms with Gasteiger partial charge in [0.1, 0.15) is 17.2 Å². The van der Waals surface area contributed by atoms with E-state index in [1.54, 1.807) is 17.7 Å². The summed E-state index contributed by atoms with van der Waals surface area (Å²) in [5.74, 6) is 0.927. The molecule has 18 heavy (non-hydrogen) atoms. The van der Waals surface area contributed by atoms with Crippen molar-refractivity contribution in [2.24, 2.45) is 0 Å². The minimum absolute atomic E-state index is 0.715. The fourth-order valence-corrected chi connectivity index (χ4v) is 3.31. The number of fused-ring (bicyclic) bond motifs is 1. The third-order valence-electron chi connectivity index (χ3n) is 2.40. The van der Waals surface area contributed by atoms with Crippen LogP contribution in [0.1, 0.15) is 19.2 Å². The van der Waals surface area contributed by atoms with Crippen molar-refractivity contribution < 1.29 is 0 Å². The van der Waals surface area contributed by atoms with Crippen molar-refractivity contribution in [2.75, 3.05) is 0 Å². The van der Waals surface area contributed by atoms with Crippen molar-refractivity contribution >= 4 is 33.3 Å². The smallest absolute Gasteiger partial charge is 0.214 e. The van der Waals surface area contributed by atoms with Gasteiger partial charge in [-0.25, -0.2) is 15.0 Å². The van der Waals surface area contributed by atoms with E-state index in [9.17, 15) is 0 Å². The molecule has 0 saturated carbocycles. The summed E-state index contributed by atoms with van der Waals surface area (Å²) < 4.78 is 1.09. The van der Waals surface area contributed by atoms with Crippen LogP contribution in [0.3, 0.4) is 0 Å². The number of nitrogens with zero attached hydrogens (tertiary/aromatic N) is 4. The molecule has 3 rings (SSSR count). The molecule has 0 saturated heterocycles. The maximum Gasteiger partial charge on any atom is 0.214 e. The third kappa shape index (κ3) is 2.23. The average Bonchev–Trinajstić information content (AvgIpc) is 2.99. The molecule has 7 heteroatoms. The van der Waals surface area contributed by atoms with Gasteiger partial charge in [-0.15, -0.1) is 16.4 Å². The Morgan fingerprint density at radius 1 is 1.39 bits per heavy atom. The first-order valence-corrected chi connectivity index (χ1v) is 7.33. The molecule has 3 aromatic rings. The van der Waals surface area contributed by atoms with E-state index >= 15 is 0 Å². The van der Waals surface area contributed by atoms with Crippen molar-refractivity contribution in [1.82, 2.24) is 25.1 Å². The number of hydrogen-bond donors (Lipinski definition) is 1. The van der Waals surface area contributed by atoms with Gasteiger partial charge >= 0.3 is 0 Å². The van der Waals surface area contributed by atoms with Crippen LogP contribution in [0.25, 0.3) is 10.2 Å². The van der Waals surface area contributed by atoms with E-state index in [0.29, 0.717) is 5.16 Å². The number of H-pyrrole nitrogens is 1. The van der Waals surface area contributed by atoms with E-state index in [0.717, 1.165) is 33.9 Å². The molecule has 0 unspecified atom stereocenters. The topological polar surface area (TPSA) is 67.3 Å². The Morgan fingerprint density at radius 3 is 3.22 bits per heavy atom. The van der Waals surface area contributed by atoms with E-state index in [1.807, 2.05) is 11.4 Å². The highest BCUT2D eigenvalue weighted by atomic mass is 32.2. The van der Waals surface area contributed by atoms with Crippen LogP contribution < -0.4 is 0 Å². The molecule has 0 aliphatic carbocycles. The average molecular weight is 277 g/mol. The first-order chi connectivity index (χ1) is 8.86. The highest BCUT2D eigenvalue weighted by molar-refractivity contribution is 7.99. The number of hydrogen-bond acceptors (Lipinski definition) is 6. The van der Waals surface area contributed by atoms with Gasteiger partial charge < -0.3 is 0 Å². The zero-order chi connectivity index (χ0) is 12.4. The van der Waals surface area contributed by atoms with Crippen LogP contribution in [0, 0.1) is 0 Å². The number of nitrogens with one attached hydrogen (secondary N) is 1. The largest absolute Gasteiger partial charge is 0.262 e. The molecule has 1 N–H and O–H groups in total. The maximum absolute atomic E-state index is 4.43. The Kier molecular flexibility index (Phi) is 3.24. The minimum atomic E-state index is 0.715. The van der Waals surface area contributed by atoms with Crippen molar-refractivity contribution in [3.63, 3.8) is 0 Å². The van der Waals surface area contributed by atoms with Gasteiger partial charge in [-0.3, -0.25) is 5.10 Å². The summed E-state index contributed by atoms with van der Waals surface area (Å²) in [7, 11) is 0. The fraction of sp³-hybridized carbons (Fsp3) is 0.273. The summed E-state index contributed by atoms with van der Waals surface area (Å²) in [5, 5.41) is 10.8. The lowest BCUT2D eigenvalue weighted by molar-refractivity contribution is 0.840. The SMILES string of the molecule is CCCc1nc(Sc2ncnc3ccsc23)n[nH]1. The zero-order valence-electron chi connectivity index (χ0n) is 9.75. The van der Waals surface area contributed by atoms with E-state index in [4.69, 9.17) is 0 Å². The van der Waals surface area contributed by atoms with E-state index in [2.05, 4.69) is 32.1 Å². The van der Waals surface area contributed by atoms with Crippen LogP contribution in [0.4, 0.5) is 0 Å². The highest BCUT2D eigenvalue weighted by Crippen LogP contribution is 2.31. The summed E-state index contributed by atoms with van der Waals surface area (Å²) in [6.45, 7) is 2.12. The predicted molar refractivity (Wildman–Crippen MR) is 71.9 cm³/mol. The summed E-state index contributed by atoms with van der Waals surface area (Å²) in [6.07, 6.45) is 3.56. The van der Waals surface area contributed by atoms with Gasteiger partial charge in [-0.1, -0.05) is 6.92 Å². The number of thiophene rings is 1. The molecular formula is C11H11N5S2. The quantitative estimate of drug-likeness (QED) is 0.743. The molecule has 5 nitrogen and oxygen atoms in total. The van der Waals surface area contributed by atoms with Gasteiger partial charge in [0.2, 0.25) is 5.16 Å². The zero-order valence-corrected chi connectivity index (χ0v) is 11.4. The maximum atomic E-state index is 4.43. The lowest BCUT2D eigenvalue weighted by atomic mass is 10.3. The Balaban J connectivity index is 1.88. The Labute approximate surface area is 112 Å². The molecule has 0 spiro atoms. The minimum Gasteiger partial charge on any atom is -0.262 e. The Morgan fingerprint density at radius 2 is 2.33 bits per heavy atom. The normalized spacial score (nSPS) is 11.2. The van der Waals surface area contributed by atoms with Crippen molar-refractivity contribution in [3.8, 4) is 0 Å². The van der Waals surface area contributed by atoms with Crippen LogP contribution in [0.2, 0.25) is 0 Å². The fourth-order valence-electron chi connectivity index (χ4n) is 1.60. The molecule has 0 aromatic carbocycles. The second-order valence-electron chi connectivity index (χ2n) is 3.73. The first kappa shape index (κ1) is 11.6. The van der Waals surface area contributed by atoms with Crippen LogP contribution in [-0.4, -0.2) is 25.1 Å². The van der Waals surface area contributed by atoms with Crippen LogP contribution in [0.5, 0.6) is 0 Å². The molecule has 0 fully saturated rings. The molecule has 0 atom stereocenters. The second-order valence-corrected chi connectivity index (χ2v) is 5.60. The van der Waals surface area contributed by atoms with E-state index < -0.39 is 0 Å².